The number of carbonyl (C=O) groups is 1. The van der Waals surface area contributed by atoms with Crippen LogP contribution in [-0.2, 0) is 12.8 Å². The second-order valence-corrected chi connectivity index (χ2v) is 10.8. The van der Waals surface area contributed by atoms with Gasteiger partial charge in [0.2, 0.25) is 5.78 Å². The summed E-state index contributed by atoms with van der Waals surface area (Å²) in [4.78, 5) is 28.7. The minimum Gasteiger partial charge on any atom is -0.293 e. The monoisotopic (exact) mass is 506 g/mol. The predicted molar refractivity (Wildman–Crippen MR) is 137 cm³/mol. The van der Waals surface area contributed by atoms with E-state index in [2.05, 4.69) is 10.2 Å². The number of thioether (sulfide) groups is 1. The van der Waals surface area contributed by atoms with Gasteiger partial charge in [0, 0.05) is 15.5 Å². The first-order valence-corrected chi connectivity index (χ1v) is 13.1. The van der Waals surface area contributed by atoms with Crippen LogP contribution in [0.5, 0.6) is 0 Å². The summed E-state index contributed by atoms with van der Waals surface area (Å²) in [5.41, 5.74) is 3.46. The van der Waals surface area contributed by atoms with Crippen LogP contribution in [0.1, 0.15) is 32.8 Å². The van der Waals surface area contributed by atoms with Crippen LogP contribution >= 0.6 is 34.7 Å². The van der Waals surface area contributed by atoms with Gasteiger partial charge in [-0.15, -0.1) is 21.5 Å². The van der Waals surface area contributed by atoms with Crippen LogP contribution in [0, 0.1) is 6.92 Å². The van der Waals surface area contributed by atoms with E-state index >= 15 is 0 Å². The zero-order valence-corrected chi connectivity index (χ0v) is 20.6. The summed E-state index contributed by atoms with van der Waals surface area (Å²) in [7, 11) is 0. The van der Waals surface area contributed by atoms with Crippen LogP contribution in [0.25, 0.3) is 21.7 Å². The largest absolute Gasteiger partial charge is 0.293 e. The van der Waals surface area contributed by atoms with Crippen molar-refractivity contribution in [3.05, 3.63) is 85.5 Å². The SMILES string of the molecule is Cc1ccccc1-n1c(=O)c2c3c(sc2n2c(SCC(=O)c4ccc(Cl)cc4)nnc12)CCC3. The topological polar surface area (TPSA) is 69.3 Å². The molecule has 0 spiro atoms. The van der Waals surface area contributed by atoms with Crippen LogP contribution in [0.4, 0.5) is 0 Å². The maximum absolute atomic E-state index is 13.8. The summed E-state index contributed by atoms with van der Waals surface area (Å²) in [6.07, 6.45) is 2.96. The number of halogens is 1. The van der Waals surface area contributed by atoms with Crippen molar-refractivity contribution in [2.45, 2.75) is 31.3 Å². The number of para-hydroxylation sites is 1. The Hall–Kier alpha value is -2.94. The molecule has 0 atom stereocenters. The summed E-state index contributed by atoms with van der Waals surface area (Å²) in [6.45, 7) is 1.98. The quantitative estimate of drug-likeness (QED) is 0.232. The number of aromatic nitrogens is 4. The van der Waals surface area contributed by atoms with Gasteiger partial charge >= 0.3 is 0 Å². The molecule has 1 aliphatic carbocycles. The molecule has 0 N–H and O–H groups in total. The molecule has 0 fully saturated rings. The molecular weight excluding hydrogens is 488 g/mol. The van der Waals surface area contributed by atoms with Gasteiger partial charge < -0.3 is 0 Å². The molecule has 0 saturated heterocycles. The molecule has 0 radical (unpaired) electrons. The van der Waals surface area contributed by atoms with Crippen molar-refractivity contribution in [1.29, 1.82) is 0 Å². The number of rotatable bonds is 5. The van der Waals surface area contributed by atoms with E-state index in [-0.39, 0.29) is 17.1 Å². The number of aryl methyl sites for hydroxylation is 3. The molecule has 0 aliphatic heterocycles. The highest BCUT2D eigenvalue weighted by molar-refractivity contribution is 7.99. The lowest BCUT2D eigenvalue weighted by Crippen LogP contribution is -2.22. The van der Waals surface area contributed by atoms with Crippen molar-refractivity contribution in [2.24, 2.45) is 0 Å². The Kier molecular flexibility index (Phi) is 5.32. The lowest BCUT2D eigenvalue weighted by molar-refractivity contribution is 0.102. The van der Waals surface area contributed by atoms with Crippen LogP contribution in [0.2, 0.25) is 5.02 Å². The normalized spacial score (nSPS) is 13.1. The third-order valence-corrected chi connectivity index (χ3v) is 8.65. The lowest BCUT2D eigenvalue weighted by atomic mass is 10.1. The third kappa shape index (κ3) is 3.40. The van der Waals surface area contributed by atoms with Gasteiger partial charge in [-0.05, 0) is 67.6 Å². The maximum atomic E-state index is 13.8. The van der Waals surface area contributed by atoms with E-state index < -0.39 is 0 Å². The number of thiophene rings is 1. The van der Waals surface area contributed by atoms with Gasteiger partial charge in [0.25, 0.3) is 5.56 Å². The summed E-state index contributed by atoms with van der Waals surface area (Å²) in [5.74, 6) is 0.655. The Bertz CT molecular complexity index is 1650. The number of ketones is 1. The number of carbonyl (C=O) groups excluding carboxylic acids is 1. The molecule has 0 saturated carbocycles. The number of hydrogen-bond donors (Lipinski definition) is 0. The molecule has 5 aromatic rings. The highest BCUT2D eigenvalue weighted by atomic mass is 35.5. The minimum absolute atomic E-state index is 0.0180. The first kappa shape index (κ1) is 21.6. The van der Waals surface area contributed by atoms with Gasteiger partial charge in [0.1, 0.15) is 4.83 Å². The Labute approximate surface area is 208 Å². The van der Waals surface area contributed by atoms with Crippen LogP contribution < -0.4 is 5.56 Å². The molecule has 2 aromatic carbocycles. The molecule has 6 rings (SSSR count). The number of fused-ring (bicyclic) bond motifs is 5. The first-order valence-electron chi connectivity index (χ1n) is 10.9. The Morgan fingerprint density at radius 3 is 2.71 bits per heavy atom. The fourth-order valence-corrected chi connectivity index (χ4v) is 6.92. The highest BCUT2D eigenvalue weighted by Crippen LogP contribution is 2.37. The second kappa shape index (κ2) is 8.37. The Morgan fingerprint density at radius 2 is 1.91 bits per heavy atom. The average molecular weight is 507 g/mol. The summed E-state index contributed by atoms with van der Waals surface area (Å²) in [5, 5.41) is 10.8. The molecule has 0 bridgehead atoms. The molecule has 0 unspecified atom stereocenters. The van der Waals surface area contributed by atoms with E-state index in [1.165, 1.54) is 16.6 Å². The summed E-state index contributed by atoms with van der Waals surface area (Å²) >= 11 is 8.93. The fourth-order valence-electron chi connectivity index (χ4n) is 4.53. The fraction of sp³-hybridized carbons (Fsp3) is 0.200. The first-order chi connectivity index (χ1) is 16.5. The summed E-state index contributed by atoms with van der Waals surface area (Å²) in [6, 6.07) is 14.7. The van der Waals surface area contributed by atoms with Crippen molar-refractivity contribution < 1.29 is 4.79 Å². The van der Waals surface area contributed by atoms with Gasteiger partial charge in [-0.1, -0.05) is 41.6 Å². The zero-order chi connectivity index (χ0) is 23.4. The maximum Gasteiger partial charge on any atom is 0.268 e. The zero-order valence-electron chi connectivity index (χ0n) is 18.2. The van der Waals surface area contributed by atoms with E-state index in [1.807, 2.05) is 35.6 Å². The number of Topliss-reactive ketones (excluding diaryl/α,β-unsaturated/α-hetero) is 1. The molecule has 6 nitrogen and oxygen atoms in total. The molecule has 34 heavy (non-hydrogen) atoms. The Morgan fingerprint density at radius 1 is 1.12 bits per heavy atom. The molecule has 0 amide bonds. The van der Waals surface area contributed by atoms with Crippen molar-refractivity contribution in [3.8, 4) is 5.69 Å². The highest BCUT2D eigenvalue weighted by Gasteiger charge is 2.27. The average Bonchev–Trinajstić information content (AvgIpc) is 3.53. The van der Waals surface area contributed by atoms with E-state index in [0.717, 1.165) is 46.3 Å². The molecule has 3 heterocycles. The smallest absolute Gasteiger partial charge is 0.268 e. The number of hydrogen-bond acceptors (Lipinski definition) is 6. The number of nitrogens with zero attached hydrogens (tertiary/aromatic N) is 4. The van der Waals surface area contributed by atoms with Crippen molar-refractivity contribution >= 4 is 56.5 Å². The molecular formula is C25H19ClN4O2S2. The summed E-state index contributed by atoms with van der Waals surface area (Å²) < 4.78 is 3.62. The standard InChI is InChI=1S/C25H19ClN4O2S2/c1-14-5-2-3-7-18(14)29-22(32)21-17-6-4-8-20(17)34-23(21)30-24(29)27-28-25(30)33-13-19(31)15-9-11-16(26)12-10-15/h2-3,5,7,9-12H,4,6,8,13H2,1H3. The predicted octanol–water partition coefficient (Wildman–Crippen LogP) is 5.52. The van der Waals surface area contributed by atoms with Gasteiger partial charge in [-0.2, -0.15) is 0 Å². The van der Waals surface area contributed by atoms with Gasteiger partial charge in [0.05, 0.1) is 16.8 Å². The Balaban J connectivity index is 1.52. The van der Waals surface area contributed by atoms with Gasteiger partial charge in [0.15, 0.2) is 10.9 Å². The van der Waals surface area contributed by atoms with Crippen molar-refractivity contribution in [1.82, 2.24) is 19.2 Å². The minimum atomic E-state index is -0.0580. The van der Waals surface area contributed by atoms with Gasteiger partial charge in [-0.25, -0.2) is 8.97 Å². The van der Waals surface area contributed by atoms with E-state index in [0.29, 0.717) is 21.5 Å². The molecule has 170 valence electrons. The van der Waals surface area contributed by atoms with E-state index in [1.54, 1.807) is 40.2 Å². The lowest BCUT2D eigenvalue weighted by Gasteiger charge is -2.12. The number of benzene rings is 2. The second-order valence-electron chi connectivity index (χ2n) is 8.30. The van der Waals surface area contributed by atoms with Crippen molar-refractivity contribution in [2.75, 3.05) is 5.75 Å². The molecule has 9 heteroatoms. The third-order valence-electron chi connectivity index (χ3n) is 6.19. The van der Waals surface area contributed by atoms with Crippen LogP contribution in [0.3, 0.4) is 0 Å². The van der Waals surface area contributed by atoms with Crippen LogP contribution in [0.15, 0.2) is 58.5 Å². The van der Waals surface area contributed by atoms with E-state index in [4.69, 9.17) is 11.6 Å². The van der Waals surface area contributed by atoms with Crippen molar-refractivity contribution in [3.63, 3.8) is 0 Å². The van der Waals surface area contributed by atoms with Crippen LogP contribution in [-0.4, -0.2) is 30.7 Å². The molecule has 1 aliphatic rings. The molecule has 3 aromatic heterocycles. The van der Waals surface area contributed by atoms with Gasteiger partial charge in [-0.3, -0.25) is 9.59 Å². The van der Waals surface area contributed by atoms with E-state index in [9.17, 15) is 9.59 Å².